The van der Waals surface area contributed by atoms with Crippen molar-refractivity contribution >= 4 is 23.2 Å². The van der Waals surface area contributed by atoms with E-state index in [1.807, 2.05) is 4.90 Å². The van der Waals surface area contributed by atoms with Gasteiger partial charge in [0.05, 0.1) is 5.69 Å². The Balaban J connectivity index is 1.54. The number of carbonyl (C=O) groups excluding carboxylic acids is 3. The van der Waals surface area contributed by atoms with E-state index in [1.54, 1.807) is 41.3 Å². The Bertz CT molecular complexity index is 936. The van der Waals surface area contributed by atoms with Crippen LogP contribution in [-0.2, 0) is 4.79 Å². The molecule has 0 atom stereocenters. The highest BCUT2D eigenvalue weighted by Crippen LogP contribution is 2.22. The Morgan fingerprint density at radius 3 is 2.21 bits per heavy atom. The second-order valence-electron chi connectivity index (χ2n) is 6.96. The number of nitrogens with zero attached hydrogens (tertiary/aromatic N) is 2. The van der Waals surface area contributed by atoms with Crippen LogP contribution in [0.2, 0.25) is 0 Å². The van der Waals surface area contributed by atoms with E-state index in [2.05, 4.69) is 0 Å². The topological polar surface area (TPSA) is 66.9 Å². The van der Waals surface area contributed by atoms with Gasteiger partial charge < -0.3 is 14.5 Å². The maximum Gasteiger partial charge on any atom is 0.260 e. The quantitative estimate of drug-likeness (QED) is 0.700. The fourth-order valence-electron chi connectivity index (χ4n) is 3.22. The highest BCUT2D eigenvalue weighted by molar-refractivity contribution is 5.95. The smallest absolute Gasteiger partial charge is 0.260 e. The number of piperazine rings is 1. The highest BCUT2D eigenvalue weighted by Gasteiger charge is 2.23. The molecule has 0 aliphatic carbocycles. The van der Waals surface area contributed by atoms with Crippen LogP contribution in [0.4, 0.5) is 10.1 Å². The lowest BCUT2D eigenvalue weighted by molar-refractivity contribution is -0.133. The number of ether oxygens (including phenoxy) is 1. The molecule has 1 aliphatic rings. The zero-order chi connectivity index (χ0) is 21.0. The zero-order valence-corrected chi connectivity index (χ0v) is 16.5. The van der Waals surface area contributed by atoms with Gasteiger partial charge in [0.15, 0.2) is 18.2 Å². The van der Waals surface area contributed by atoms with Crippen molar-refractivity contribution in [3.63, 3.8) is 0 Å². The summed E-state index contributed by atoms with van der Waals surface area (Å²) in [4.78, 5) is 38.8. The molecule has 1 fully saturated rings. The van der Waals surface area contributed by atoms with E-state index in [0.29, 0.717) is 48.7 Å². The predicted octanol–water partition coefficient (Wildman–Crippen LogP) is 2.96. The molecule has 0 saturated carbocycles. The monoisotopic (exact) mass is 398 g/mol. The first-order chi connectivity index (χ1) is 13.8. The third-order valence-corrected chi connectivity index (χ3v) is 4.93. The van der Waals surface area contributed by atoms with E-state index in [-0.39, 0.29) is 24.1 Å². The normalized spacial score (nSPS) is 13.9. The van der Waals surface area contributed by atoms with Gasteiger partial charge in [0.1, 0.15) is 11.6 Å². The lowest BCUT2D eigenvalue weighted by Gasteiger charge is -2.36. The van der Waals surface area contributed by atoms with Crippen molar-refractivity contribution in [3.8, 4) is 5.75 Å². The summed E-state index contributed by atoms with van der Waals surface area (Å²) >= 11 is 0. The Morgan fingerprint density at radius 2 is 1.59 bits per heavy atom. The largest absolute Gasteiger partial charge is 0.484 e. The van der Waals surface area contributed by atoms with Crippen LogP contribution < -0.4 is 9.64 Å². The molecule has 7 heteroatoms. The molecule has 0 N–H and O–H groups in total. The summed E-state index contributed by atoms with van der Waals surface area (Å²) in [7, 11) is 0. The predicted molar refractivity (Wildman–Crippen MR) is 107 cm³/mol. The average Bonchev–Trinajstić information content (AvgIpc) is 2.72. The molecule has 2 aromatic rings. The highest BCUT2D eigenvalue weighted by atomic mass is 19.1. The molecule has 1 amide bonds. The summed E-state index contributed by atoms with van der Waals surface area (Å²) in [5, 5.41) is 0. The number of rotatable bonds is 6. The van der Waals surface area contributed by atoms with Gasteiger partial charge in [-0.25, -0.2) is 4.39 Å². The van der Waals surface area contributed by atoms with Crippen LogP contribution in [0.25, 0.3) is 0 Å². The molecule has 3 rings (SSSR count). The standard InChI is InChI=1S/C22H23FN2O4/c1-15(26)17-4-3-5-19(12-17)29-14-22(28)25-10-8-24(9-11-25)21-7-6-18(16(2)27)13-20(21)23/h3-7,12-13H,8-11,14H2,1-2H3. The molecule has 6 nitrogen and oxygen atoms in total. The minimum absolute atomic E-state index is 0.0681. The van der Waals surface area contributed by atoms with Crippen LogP contribution in [0.5, 0.6) is 5.75 Å². The molecule has 0 aromatic heterocycles. The minimum Gasteiger partial charge on any atom is -0.484 e. The third-order valence-electron chi connectivity index (χ3n) is 4.93. The second-order valence-corrected chi connectivity index (χ2v) is 6.96. The van der Waals surface area contributed by atoms with Crippen LogP contribution in [0, 0.1) is 5.82 Å². The summed E-state index contributed by atoms with van der Waals surface area (Å²) in [6, 6.07) is 11.2. The first-order valence-corrected chi connectivity index (χ1v) is 9.42. The lowest BCUT2D eigenvalue weighted by Crippen LogP contribution is -2.50. The number of benzene rings is 2. The van der Waals surface area contributed by atoms with E-state index in [9.17, 15) is 18.8 Å². The van der Waals surface area contributed by atoms with Crippen LogP contribution >= 0.6 is 0 Å². The molecule has 29 heavy (non-hydrogen) atoms. The number of Topliss-reactive ketones (excluding diaryl/α,β-unsaturated/α-hetero) is 2. The van der Waals surface area contributed by atoms with Crippen molar-refractivity contribution in [1.82, 2.24) is 4.90 Å². The molecule has 0 unspecified atom stereocenters. The van der Waals surface area contributed by atoms with E-state index in [4.69, 9.17) is 4.74 Å². The van der Waals surface area contributed by atoms with Gasteiger partial charge in [-0.15, -0.1) is 0 Å². The van der Waals surface area contributed by atoms with E-state index >= 15 is 0 Å². The van der Waals surface area contributed by atoms with Crippen molar-refractivity contribution in [2.24, 2.45) is 0 Å². The van der Waals surface area contributed by atoms with E-state index in [0.717, 1.165) is 0 Å². The van der Waals surface area contributed by atoms with Gasteiger partial charge in [-0.1, -0.05) is 12.1 Å². The number of amides is 1. The number of anilines is 1. The molecular formula is C22H23FN2O4. The van der Waals surface area contributed by atoms with Crippen molar-refractivity contribution < 1.29 is 23.5 Å². The lowest BCUT2D eigenvalue weighted by atomic mass is 10.1. The Morgan fingerprint density at radius 1 is 0.931 bits per heavy atom. The molecule has 0 radical (unpaired) electrons. The fourth-order valence-corrected chi connectivity index (χ4v) is 3.22. The second kappa shape index (κ2) is 8.86. The zero-order valence-electron chi connectivity index (χ0n) is 16.5. The Kier molecular flexibility index (Phi) is 6.26. The number of ketones is 2. The first-order valence-electron chi connectivity index (χ1n) is 9.42. The van der Waals surface area contributed by atoms with Gasteiger partial charge in [0.25, 0.3) is 5.91 Å². The van der Waals surface area contributed by atoms with Gasteiger partial charge in [-0.2, -0.15) is 0 Å². The van der Waals surface area contributed by atoms with Gasteiger partial charge >= 0.3 is 0 Å². The van der Waals surface area contributed by atoms with Gasteiger partial charge in [0.2, 0.25) is 0 Å². The Labute approximate surface area is 168 Å². The molecule has 0 bridgehead atoms. The first kappa shape index (κ1) is 20.5. The van der Waals surface area contributed by atoms with Crippen LogP contribution in [0.15, 0.2) is 42.5 Å². The van der Waals surface area contributed by atoms with E-state index < -0.39 is 5.82 Å². The molecule has 1 heterocycles. The van der Waals surface area contributed by atoms with Crippen LogP contribution in [0.1, 0.15) is 34.6 Å². The summed E-state index contributed by atoms with van der Waals surface area (Å²) in [5.41, 5.74) is 1.30. The molecule has 2 aromatic carbocycles. The van der Waals surface area contributed by atoms with Gasteiger partial charge in [0, 0.05) is 37.3 Å². The summed E-state index contributed by atoms with van der Waals surface area (Å²) < 4.78 is 19.9. The number of halogens is 1. The van der Waals surface area contributed by atoms with E-state index in [1.165, 1.54) is 19.9 Å². The molecule has 1 aliphatic heterocycles. The third kappa shape index (κ3) is 4.99. The van der Waals surface area contributed by atoms with Crippen LogP contribution in [0.3, 0.4) is 0 Å². The molecule has 1 saturated heterocycles. The van der Waals surface area contributed by atoms with Crippen molar-refractivity contribution in [2.75, 3.05) is 37.7 Å². The van der Waals surface area contributed by atoms with Crippen molar-refractivity contribution in [1.29, 1.82) is 0 Å². The molecule has 0 spiro atoms. The minimum atomic E-state index is -0.439. The number of carbonyl (C=O) groups is 3. The van der Waals surface area contributed by atoms with Crippen LogP contribution in [-0.4, -0.2) is 55.2 Å². The SMILES string of the molecule is CC(=O)c1cccc(OCC(=O)N2CCN(c3ccc(C(C)=O)cc3F)CC2)c1. The number of hydrogen-bond acceptors (Lipinski definition) is 5. The van der Waals surface area contributed by atoms with Gasteiger partial charge in [-0.05, 0) is 44.2 Å². The average molecular weight is 398 g/mol. The maximum atomic E-state index is 14.3. The number of hydrogen-bond donors (Lipinski definition) is 0. The summed E-state index contributed by atoms with van der Waals surface area (Å²) in [5.74, 6) is -0.380. The molecular weight excluding hydrogens is 375 g/mol. The maximum absolute atomic E-state index is 14.3. The fraction of sp³-hybridized carbons (Fsp3) is 0.318. The summed E-state index contributed by atoms with van der Waals surface area (Å²) in [6.45, 7) is 4.62. The van der Waals surface area contributed by atoms with Crippen molar-refractivity contribution in [3.05, 3.63) is 59.4 Å². The van der Waals surface area contributed by atoms with Gasteiger partial charge in [-0.3, -0.25) is 14.4 Å². The Hall–Kier alpha value is -3.22. The molecule has 152 valence electrons. The van der Waals surface area contributed by atoms with Crippen molar-refractivity contribution in [2.45, 2.75) is 13.8 Å². The summed E-state index contributed by atoms with van der Waals surface area (Å²) in [6.07, 6.45) is 0.